The molecule has 0 saturated carbocycles. The van der Waals surface area contributed by atoms with E-state index in [9.17, 15) is 14.9 Å². The molecule has 0 unspecified atom stereocenters. The van der Waals surface area contributed by atoms with Gasteiger partial charge >= 0.3 is 0 Å². The summed E-state index contributed by atoms with van der Waals surface area (Å²) in [5.41, 5.74) is 7.54. The van der Waals surface area contributed by atoms with Gasteiger partial charge in [0.05, 0.1) is 23.8 Å². The second kappa shape index (κ2) is 10.7. The molecule has 0 saturated heterocycles. The molecule has 0 fully saturated rings. The molecule has 4 aromatic rings. The molecule has 10 heteroatoms. The first-order valence-electron chi connectivity index (χ1n) is 11.3. The quantitative estimate of drug-likeness (QED) is 0.200. The van der Waals surface area contributed by atoms with Gasteiger partial charge in [-0.1, -0.05) is 6.07 Å². The van der Waals surface area contributed by atoms with Crippen LogP contribution >= 0.6 is 0 Å². The number of aryl methyl sites for hydroxylation is 2. The third kappa shape index (κ3) is 5.64. The number of pyridine rings is 1. The maximum Gasteiger partial charge on any atom is 0.287 e. The summed E-state index contributed by atoms with van der Waals surface area (Å²) in [6, 6.07) is 17.5. The third-order valence-electron chi connectivity index (χ3n) is 5.69. The number of hydrogen-bond donors (Lipinski definition) is 1. The Labute approximate surface area is 213 Å². The van der Waals surface area contributed by atoms with Crippen LogP contribution in [-0.4, -0.2) is 33.7 Å². The second-order valence-electron chi connectivity index (χ2n) is 8.27. The van der Waals surface area contributed by atoms with Gasteiger partial charge in [0.25, 0.3) is 11.6 Å². The Hall–Kier alpha value is -4.99. The van der Waals surface area contributed by atoms with Crippen LogP contribution in [0.4, 0.5) is 5.69 Å². The number of carbonyl (C=O) groups is 1. The van der Waals surface area contributed by atoms with Crippen molar-refractivity contribution in [3.05, 3.63) is 105 Å². The van der Waals surface area contributed by atoms with Gasteiger partial charge in [-0.15, -0.1) is 0 Å². The average Bonchev–Trinajstić information content (AvgIpc) is 3.17. The predicted octanol–water partition coefficient (Wildman–Crippen LogP) is 5.27. The zero-order valence-corrected chi connectivity index (χ0v) is 20.8. The highest BCUT2D eigenvalue weighted by atomic mass is 16.6. The zero-order chi connectivity index (χ0) is 26.5. The fourth-order valence-electron chi connectivity index (χ4n) is 3.85. The fourth-order valence-corrected chi connectivity index (χ4v) is 3.85. The van der Waals surface area contributed by atoms with Crippen LogP contribution in [0.1, 0.15) is 32.9 Å². The molecule has 0 aliphatic carbocycles. The number of carbonyl (C=O) groups excluding carboxylic acids is 1. The SMILES string of the molecule is COc1cc(C)ccc1C(=O)N/N=C\c1cc(C)n(-c2ccc(Oc3ccc([N+](=O)[O-])cn3)cc2)c1C. The van der Waals surface area contributed by atoms with Crippen LogP contribution in [0.15, 0.2) is 72.0 Å². The van der Waals surface area contributed by atoms with E-state index in [0.717, 1.165) is 34.4 Å². The van der Waals surface area contributed by atoms with Crippen molar-refractivity contribution in [2.24, 2.45) is 5.10 Å². The number of rotatable bonds is 8. The van der Waals surface area contributed by atoms with Crippen molar-refractivity contribution in [2.45, 2.75) is 20.8 Å². The molecule has 0 aliphatic rings. The highest BCUT2D eigenvalue weighted by Gasteiger charge is 2.13. The summed E-state index contributed by atoms with van der Waals surface area (Å²) in [4.78, 5) is 26.8. The normalized spacial score (nSPS) is 10.9. The van der Waals surface area contributed by atoms with E-state index >= 15 is 0 Å². The Bertz CT molecular complexity index is 1470. The van der Waals surface area contributed by atoms with Crippen LogP contribution in [0.5, 0.6) is 17.4 Å². The monoisotopic (exact) mass is 499 g/mol. The van der Waals surface area contributed by atoms with E-state index in [2.05, 4.69) is 20.1 Å². The van der Waals surface area contributed by atoms with Gasteiger partial charge in [-0.2, -0.15) is 5.10 Å². The van der Waals surface area contributed by atoms with Gasteiger partial charge in [0.1, 0.15) is 17.7 Å². The van der Waals surface area contributed by atoms with Gasteiger partial charge < -0.3 is 14.0 Å². The Morgan fingerprint density at radius 2 is 1.84 bits per heavy atom. The van der Waals surface area contributed by atoms with Gasteiger partial charge in [-0.3, -0.25) is 14.9 Å². The van der Waals surface area contributed by atoms with Crippen LogP contribution in [0.25, 0.3) is 5.69 Å². The smallest absolute Gasteiger partial charge is 0.287 e. The summed E-state index contributed by atoms with van der Waals surface area (Å²) < 4.78 is 13.0. The summed E-state index contributed by atoms with van der Waals surface area (Å²) in [7, 11) is 1.52. The minimum atomic E-state index is -0.512. The summed E-state index contributed by atoms with van der Waals surface area (Å²) in [5.74, 6) is 0.932. The summed E-state index contributed by atoms with van der Waals surface area (Å²) >= 11 is 0. The van der Waals surface area contributed by atoms with Crippen molar-refractivity contribution in [3.8, 4) is 23.1 Å². The maximum absolute atomic E-state index is 12.6. The standard InChI is InChI=1S/C27H25N5O5/c1-17-5-11-24(25(13-17)36-4)27(33)30-29-15-20-14-18(2)31(19(20)3)21-6-9-23(10-7-21)37-26-12-8-22(16-28-26)32(34)35/h5-16H,1-4H3,(H,30,33)/b29-15-. The molecule has 10 nitrogen and oxygen atoms in total. The molecule has 0 aliphatic heterocycles. The van der Waals surface area contributed by atoms with Gasteiger partial charge in [0.2, 0.25) is 5.88 Å². The lowest BCUT2D eigenvalue weighted by Gasteiger charge is -2.11. The topological polar surface area (TPSA) is 121 Å². The van der Waals surface area contributed by atoms with Gasteiger partial charge in [0, 0.05) is 34.8 Å². The lowest BCUT2D eigenvalue weighted by atomic mass is 10.1. The van der Waals surface area contributed by atoms with E-state index in [0.29, 0.717) is 17.1 Å². The van der Waals surface area contributed by atoms with Crippen LogP contribution in [0.3, 0.4) is 0 Å². The van der Waals surface area contributed by atoms with Crippen molar-refractivity contribution in [2.75, 3.05) is 7.11 Å². The number of methoxy groups -OCH3 is 1. The number of aromatic nitrogens is 2. The van der Waals surface area contributed by atoms with E-state index in [1.54, 1.807) is 30.5 Å². The summed E-state index contributed by atoms with van der Waals surface area (Å²) in [6.45, 7) is 5.87. The molecular formula is C27H25N5O5. The lowest BCUT2D eigenvalue weighted by molar-refractivity contribution is -0.385. The number of nitrogens with one attached hydrogen (secondary N) is 1. The number of hydrazone groups is 1. The van der Waals surface area contributed by atoms with Gasteiger partial charge in [-0.25, -0.2) is 10.4 Å². The zero-order valence-electron chi connectivity index (χ0n) is 20.8. The van der Waals surface area contributed by atoms with Gasteiger partial charge in [0.15, 0.2) is 0 Å². The molecule has 2 heterocycles. The molecule has 2 aromatic heterocycles. The maximum atomic E-state index is 12.6. The minimum Gasteiger partial charge on any atom is -0.496 e. The molecule has 0 atom stereocenters. The van der Waals surface area contributed by atoms with Crippen molar-refractivity contribution in [1.29, 1.82) is 0 Å². The van der Waals surface area contributed by atoms with Crippen molar-refractivity contribution in [3.63, 3.8) is 0 Å². The first-order chi connectivity index (χ1) is 17.8. The predicted molar refractivity (Wildman–Crippen MR) is 139 cm³/mol. The second-order valence-corrected chi connectivity index (χ2v) is 8.27. The number of nitrogens with zero attached hydrogens (tertiary/aromatic N) is 4. The highest BCUT2D eigenvalue weighted by Crippen LogP contribution is 2.25. The van der Waals surface area contributed by atoms with E-state index in [1.165, 1.54) is 19.2 Å². The number of ether oxygens (including phenoxy) is 2. The number of benzene rings is 2. The summed E-state index contributed by atoms with van der Waals surface area (Å²) in [6.07, 6.45) is 2.76. The van der Waals surface area contributed by atoms with Gasteiger partial charge in [-0.05, 0) is 68.8 Å². The molecular weight excluding hydrogens is 474 g/mol. The molecule has 1 N–H and O–H groups in total. The van der Waals surface area contributed by atoms with E-state index in [1.807, 2.05) is 45.0 Å². The Balaban J connectivity index is 1.46. The minimum absolute atomic E-state index is 0.102. The molecule has 0 radical (unpaired) electrons. The summed E-state index contributed by atoms with van der Waals surface area (Å²) in [5, 5.41) is 14.9. The molecule has 4 rings (SSSR count). The molecule has 0 spiro atoms. The number of hydrogen-bond acceptors (Lipinski definition) is 7. The van der Waals surface area contributed by atoms with Crippen LogP contribution in [0.2, 0.25) is 0 Å². The largest absolute Gasteiger partial charge is 0.496 e. The number of nitro groups is 1. The van der Waals surface area contributed by atoms with Crippen molar-refractivity contribution < 1.29 is 19.2 Å². The lowest BCUT2D eigenvalue weighted by Crippen LogP contribution is -2.18. The average molecular weight is 500 g/mol. The Morgan fingerprint density at radius 1 is 1.08 bits per heavy atom. The molecule has 1 amide bonds. The Kier molecular flexibility index (Phi) is 7.28. The van der Waals surface area contributed by atoms with Crippen LogP contribution < -0.4 is 14.9 Å². The fraction of sp³-hybridized carbons (Fsp3) is 0.148. The van der Waals surface area contributed by atoms with E-state index in [-0.39, 0.29) is 17.5 Å². The first kappa shape index (κ1) is 25.1. The van der Waals surface area contributed by atoms with Crippen LogP contribution in [0, 0.1) is 30.9 Å². The molecule has 2 aromatic carbocycles. The molecule has 37 heavy (non-hydrogen) atoms. The van der Waals surface area contributed by atoms with Crippen LogP contribution in [-0.2, 0) is 0 Å². The third-order valence-corrected chi connectivity index (χ3v) is 5.69. The first-order valence-corrected chi connectivity index (χ1v) is 11.3. The van der Waals surface area contributed by atoms with E-state index < -0.39 is 4.92 Å². The number of amides is 1. The van der Waals surface area contributed by atoms with E-state index in [4.69, 9.17) is 9.47 Å². The molecule has 0 bridgehead atoms. The molecule has 188 valence electrons. The van der Waals surface area contributed by atoms with Crippen molar-refractivity contribution in [1.82, 2.24) is 15.0 Å². The Morgan fingerprint density at radius 3 is 2.49 bits per heavy atom. The van der Waals surface area contributed by atoms with Crippen molar-refractivity contribution >= 4 is 17.8 Å². The highest BCUT2D eigenvalue weighted by molar-refractivity contribution is 5.97.